The predicted molar refractivity (Wildman–Crippen MR) is 100 cm³/mol. The summed E-state index contributed by atoms with van der Waals surface area (Å²) in [5.41, 5.74) is 4.69. The Hall–Kier alpha value is -2.07. The third-order valence-electron chi connectivity index (χ3n) is 4.59. The molecule has 0 bridgehead atoms. The third-order valence-corrected chi connectivity index (χ3v) is 4.59. The largest absolute Gasteiger partial charge is 0.481 e. The molecule has 2 heterocycles. The second-order valence-corrected chi connectivity index (χ2v) is 6.59. The molecule has 1 aromatic carbocycles. The van der Waals surface area contributed by atoms with E-state index in [0.29, 0.717) is 11.8 Å². The van der Waals surface area contributed by atoms with Crippen molar-refractivity contribution >= 4 is 5.69 Å². The lowest BCUT2D eigenvalue weighted by Gasteiger charge is -2.25. The van der Waals surface area contributed by atoms with Crippen molar-refractivity contribution in [3.8, 4) is 17.1 Å². The molecule has 1 aliphatic rings. The zero-order valence-corrected chi connectivity index (χ0v) is 14.9. The number of anilines is 1. The highest BCUT2D eigenvalue weighted by molar-refractivity contribution is 5.76. The summed E-state index contributed by atoms with van der Waals surface area (Å²) < 4.78 is 5.36. The van der Waals surface area contributed by atoms with Crippen LogP contribution in [0.5, 0.6) is 5.88 Å². The molecule has 128 valence electrons. The lowest BCUT2D eigenvalue weighted by atomic mass is 10.00. The van der Waals surface area contributed by atoms with Gasteiger partial charge in [0.1, 0.15) is 0 Å². The zero-order chi connectivity index (χ0) is 16.9. The van der Waals surface area contributed by atoms with E-state index in [2.05, 4.69) is 54.4 Å². The van der Waals surface area contributed by atoms with Gasteiger partial charge >= 0.3 is 0 Å². The number of hydrogen-bond donors (Lipinski definition) is 1. The van der Waals surface area contributed by atoms with Crippen LogP contribution in [0, 0.1) is 0 Å². The van der Waals surface area contributed by atoms with Crippen molar-refractivity contribution in [1.29, 1.82) is 0 Å². The van der Waals surface area contributed by atoms with Crippen molar-refractivity contribution in [1.82, 2.24) is 10.3 Å². The first kappa shape index (κ1) is 16.8. The molecule has 0 unspecified atom stereocenters. The summed E-state index contributed by atoms with van der Waals surface area (Å²) in [5.74, 6) is 1.20. The molecule has 1 aliphatic heterocycles. The average Bonchev–Trinajstić information content (AvgIpc) is 2.90. The van der Waals surface area contributed by atoms with E-state index in [4.69, 9.17) is 9.72 Å². The van der Waals surface area contributed by atoms with Gasteiger partial charge in [0.2, 0.25) is 5.88 Å². The molecule has 24 heavy (non-hydrogen) atoms. The van der Waals surface area contributed by atoms with Crippen molar-refractivity contribution in [2.75, 3.05) is 38.2 Å². The summed E-state index contributed by atoms with van der Waals surface area (Å²) in [4.78, 5) is 7.19. The molecule has 1 aromatic heterocycles. The number of nitrogens with zero attached hydrogens (tertiary/aromatic N) is 2. The topological polar surface area (TPSA) is 37.4 Å². The van der Waals surface area contributed by atoms with Crippen LogP contribution in [0.15, 0.2) is 36.4 Å². The van der Waals surface area contributed by atoms with E-state index in [1.54, 1.807) is 7.11 Å². The Labute approximate surface area is 144 Å². The van der Waals surface area contributed by atoms with Gasteiger partial charge in [-0.05, 0) is 30.5 Å². The number of aromatic nitrogens is 1. The highest BCUT2D eigenvalue weighted by atomic mass is 16.5. The SMILES string of the molecule is COc1ccc(N2CCCNCC2)c(-c2ccc(C(C)C)cc2)n1. The van der Waals surface area contributed by atoms with Gasteiger partial charge in [0.05, 0.1) is 18.5 Å². The number of hydrogen-bond acceptors (Lipinski definition) is 4. The molecule has 4 nitrogen and oxygen atoms in total. The van der Waals surface area contributed by atoms with E-state index in [1.807, 2.05) is 6.07 Å². The summed E-state index contributed by atoms with van der Waals surface area (Å²) in [6, 6.07) is 12.9. The maximum absolute atomic E-state index is 5.36. The van der Waals surface area contributed by atoms with Crippen LogP contribution in [-0.4, -0.2) is 38.3 Å². The molecule has 0 saturated carbocycles. The number of methoxy groups -OCH3 is 1. The molecule has 0 spiro atoms. The molecule has 1 saturated heterocycles. The van der Waals surface area contributed by atoms with Gasteiger partial charge in [0.15, 0.2) is 0 Å². The Morgan fingerprint density at radius 2 is 1.83 bits per heavy atom. The van der Waals surface area contributed by atoms with Gasteiger partial charge in [0.25, 0.3) is 0 Å². The fourth-order valence-electron chi connectivity index (χ4n) is 3.13. The van der Waals surface area contributed by atoms with Crippen LogP contribution in [0.1, 0.15) is 31.7 Å². The molecule has 0 atom stereocenters. The molecular formula is C20H27N3O. The van der Waals surface area contributed by atoms with Crippen LogP contribution in [0.2, 0.25) is 0 Å². The summed E-state index contributed by atoms with van der Waals surface area (Å²) in [5, 5.41) is 3.46. The van der Waals surface area contributed by atoms with Crippen molar-refractivity contribution in [3.63, 3.8) is 0 Å². The van der Waals surface area contributed by atoms with Crippen LogP contribution < -0.4 is 15.0 Å². The van der Waals surface area contributed by atoms with Crippen molar-refractivity contribution < 1.29 is 4.74 Å². The first-order valence-electron chi connectivity index (χ1n) is 8.80. The van der Waals surface area contributed by atoms with Gasteiger partial charge in [-0.15, -0.1) is 0 Å². The first-order valence-corrected chi connectivity index (χ1v) is 8.80. The van der Waals surface area contributed by atoms with Crippen LogP contribution in [0.3, 0.4) is 0 Å². The fraction of sp³-hybridized carbons (Fsp3) is 0.450. The Morgan fingerprint density at radius 1 is 1.04 bits per heavy atom. The number of ether oxygens (including phenoxy) is 1. The lowest BCUT2D eigenvalue weighted by Crippen LogP contribution is -2.28. The second kappa shape index (κ2) is 7.67. The van der Waals surface area contributed by atoms with Crippen molar-refractivity contribution in [2.24, 2.45) is 0 Å². The standard InChI is InChI=1S/C20H27N3O/c1-15(2)16-5-7-17(8-6-16)20-18(9-10-19(22-20)24-3)23-13-4-11-21-12-14-23/h5-10,15,21H,4,11-14H2,1-3H3. The van der Waals surface area contributed by atoms with E-state index in [-0.39, 0.29) is 0 Å². The van der Waals surface area contributed by atoms with Crippen molar-refractivity contribution in [2.45, 2.75) is 26.2 Å². The Balaban J connectivity index is 2.00. The van der Waals surface area contributed by atoms with Crippen LogP contribution in [0.25, 0.3) is 11.3 Å². The monoisotopic (exact) mass is 325 g/mol. The Morgan fingerprint density at radius 3 is 2.54 bits per heavy atom. The van der Waals surface area contributed by atoms with Gasteiger partial charge in [-0.2, -0.15) is 0 Å². The summed E-state index contributed by atoms with van der Waals surface area (Å²) in [6.07, 6.45) is 1.15. The molecule has 0 aliphatic carbocycles. The Kier molecular flexibility index (Phi) is 5.36. The van der Waals surface area contributed by atoms with Crippen LogP contribution in [0.4, 0.5) is 5.69 Å². The van der Waals surface area contributed by atoms with Crippen LogP contribution in [-0.2, 0) is 0 Å². The maximum Gasteiger partial charge on any atom is 0.213 e. The van der Waals surface area contributed by atoms with E-state index in [0.717, 1.165) is 43.9 Å². The molecule has 4 heteroatoms. The zero-order valence-electron chi connectivity index (χ0n) is 14.9. The van der Waals surface area contributed by atoms with Gasteiger partial charge < -0.3 is 15.0 Å². The van der Waals surface area contributed by atoms with Gasteiger partial charge in [0, 0.05) is 31.3 Å². The normalized spacial score (nSPS) is 15.4. The van der Waals surface area contributed by atoms with E-state index < -0.39 is 0 Å². The number of rotatable bonds is 4. The molecule has 1 fully saturated rings. The van der Waals surface area contributed by atoms with Crippen LogP contribution >= 0.6 is 0 Å². The average molecular weight is 325 g/mol. The number of nitrogens with one attached hydrogen (secondary N) is 1. The summed E-state index contributed by atoms with van der Waals surface area (Å²) in [7, 11) is 1.67. The molecule has 2 aromatic rings. The minimum absolute atomic E-state index is 0.536. The number of pyridine rings is 1. The van der Waals surface area contributed by atoms with Gasteiger partial charge in [-0.25, -0.2) is 4.98 Å². The molecule has 1 N–H and O–H groups in total. The minimum Gasteiger partial charge on any atom is -0.481 e. The van der Waals surface area contributed by atoms with E-state index in [1.165, 1.54) is 11.3 Å². The molecular weight excluding hydrogens is 298 g/mol. The predicted octanol–water partition coefficient (Wildman–Crippen LogP) is 3.68. The molecule has 3 rings (SSSR count). The fourth-order valence-corrected chi connectivity index (χ4v) is 3.13. The highest BCUT2D eigenvalue weighted by Gasteiger charge is 2.17. The quantitative estimate of drug-likeness (QED) is 0.930. The number of benzene rings is 1. The van der Waals surface area contributed by atoms with Crippen molar-refractivity contribution in [3.05, 3.63) is 42.0 Å². The third kappa shape index (κ3) is 3.70. The summed E-state index contributed by atoms with van der Waals surface area (Å²) in [6.45, 7) is 8.59. The Bertz CT molecular complexity index is 659. The maximum atomic E-state index is 5.36. The lowest BCUT2D eigenvalue weighted by molar-refractivity contribution is 0.398. The molecule has 0 radical (unpaired) electrons. The molecule has 0 amide bonds. The smallest absolute Gasteiger partial charge is 0.213 e. The van der Waals surface area contributed by atoms with E-state index >= 15 is 0 Å². The van der Waals surface area contributed by atoms with E-state index in [9.17, 15) is 0 Å². The first-order chi connectivity index (χ1) is 11.7. The second-order valence-electron chi connectivity index (χ2n) is 6.59. The summed E-state index contributed by atoms with van der Waals surface area (Å²) >= 11 is 0. The van der Waals surface area contributed by atoms with Gasteiger partial charge in [-0.1, -0.05) is 38.1 Å². The highest BCUT2D eigenvalue weighted by Crippen LogP contribution is 2.32. The minimum atomic E-state index is 0.536. The van der Waals surface area contributed by atoms with Gasteiger partial charge in [-0.3, -0.25) is 0 Å².